The number of benzene rings is 1. The first-order valence-electron chi connectivity index (χ1n) is 7.72. The third kappa shape index (κ3) is 2.70. The zero-order valence-electron chi connectivity index (χ0n) is 13.1. The van der Waals surface area contributed by atoms with Crippen molar-refractivity contribution in [2.45, 2.75) is 19.3 Å². The van der Waals surface area contributed by atoms with Crippen molar-refractivity contribution in [3.63, 3.8) is 0 Å². The lowest BCUT2D eigenvalue weighted by molar-refractivity contribution is 0.628. The van der Waals surface area contributed by atoms with Gasteiger partial charge < -0.3 is 4.98 Å². The van der Waals surface area contributed by atoms with Crippen molar-refractivity contribution >= 4 is 44.3 Å². The van der Waals surface area contributed by atoms with E-state index in [1.165, 1.54) is 34.3 Å². The number of aromatic nitrogens is 2. The maximum atomic E-state index is 13.1. The minimum absolute atomic E-state index is 0.0616. The Labute approximate surface area is 146 Å². The van der Waals surface area contributed by atoms with Gasteiger partial charge in [0.2, 0.25) is 0 Å². The molecule has 24 heavy (non-hydrogen) atoms. The molecule has 3 aromatic rings. The summed E-state index contributed by atoms with van der Waals surface area (Å²) in [6, 6.07) is 6.27. The van der Waals surface area contributed by atoms with Crippen molar-refractivity contribution in [1.82, 2.24) is 9.97 Å². The minimum Gasteiger partial charge on any atom is -0.305 e. The number of aryl methyl sites for hydroxylation is 2. The molecule has 122 valence electrons. The molecule has 1 aliphatic rings. The maximum absolute atomic E-state index is 13.1. The molecule has 0 unspecified atom stereocenters. The summed E-state index contributed by atoms with van der Waals surface area (Å²) in [4.78, 5) is 23.1. The molecule has 3 nitrogen and oxygen atoms in total. The number of fused-ring (bicyclic) bond motifs is 3. The molecule has 1 aromatic carbocycles. The lowest BCUT2D eigenvalue weighted by Crippen LogP contribution is -2.11. The standard InChI is InChI=1S/C18H15FN2OS2/c1-23-14(9-10-5-7-11(19)8-6-10)16-20-17(22)15-12-3-2-4-13(12)24-18(15)21-16/h5-9H,2-4H2,1H3,(H,20,21,22)/b14-9-. The van der Waals surface area contributed by atoms with Crippen molar-refractivity contribution in [2.75, 3.05) is 6.26 Å². The first-order valence-corrected chi connectivity index (χ1v) is 9.76. The average Bonchev–Trinajstić information content (AvgIpc) is 3.14. The largest absolute Gasteiger partial charge is 0.305 e. The Kier molecular flexibility index (Phi) is 4.02. The van der Waals surface area contributed by atoms with E-state index >= 15 is 0 Å². The summed E-state index contributed by atoms with van der Waals surface area (Å²) in [6.45, 7) is 0. The predicted molar refractivity (Wildman–Crippen MR) is 100 cm³/mol. The van der Waals surface area contributed by atoms with E-state index in [2.05, 4.69) is 9.97 Å². The second-order valence-corrected chi connectivity index (χ2v) is 7.65. The summed E-state index contributed by atoms with van der Waals surface area (Å²) >= 11 is 3.14. The van der Waals surface area contributed by atoms with Gasteiger partial charge in [0.1, 0.15) is 16.5 Å². The Bertz CT molecular complexity index is 1000. The predicted octanol–water partition coefficient (Wildman–Crippen LogP) is 4.47. The van der Waals surface area contributed by atoms with Gasteiger partial charge in [0, 0.05) is 4.88 Å². The molecule has 2 aromatic heterocycles. The zero-order valence-corrected chi connectivity index (χ0v) is 14.7. The van der Waals surface area contributed by atoms with E-state index in [0.29, 0.717) is 5.82 Å². The molecular weight excluding hydrogens is 343 g/mol. The molecule has 1 N–H and O–H groups in total. The van der Waals surface area contributed by atoms with Crippen LogP contribution in [0.15, 0.2) is 29.1 Å². The average molecular weight is 358 g/mol. The van der Waals surface area contributed by atoms with Crippen LogP contribution in [0.5, 0.6) is 0 Å². The molecule has 1 aliphatic carbocycles. The number of H-pyrrole nitrogens is 1. The van der Waals surface area contributed by atoms with E-state index in [1.54, 1.807) is 23.5 Å². The molecule has 0 radical (unpaired) electrons. The molecule has 0 bridgehead atoms. The van der Waals surface area contributed by atoms with Gasteiger partial charge in [-0.05, 0) is 54.9 Å². The van der Waals surface area contributed by atoms with Crippen LogP contribution in [-0.4, -0.2) is 16.2 Å². The van der Waals surface area contributed by atoms with Crippen LogP contribution < -0.4 is 5.56 Å². The van der Waals surface area contributed by atoms with Gasteiger partial charge in [-0.15, -0.1) is 23.1 Å². The van der Waals surface area contributed by atoms with E-state index in [1.807, 2.05) is 12.3 Å². The highest BCUT2D eigenvalue weighted by Crippen LogP contribution is 2.35. The number of nitrogens with one attached hydrogen (secondary N) is 1. The van der Waals surface area contributed by atoms with Gasteiger partial charge in [0.05, 0.1) is 10.3 Å². The topological polar surface area (TPSA) is 45.8 Å². The molecule has 0 fully saturated rings. The van der Waals surface area contributed by atoms with Crippen LogP contribution in [0, 0.1) is 5.82 Å². The van der Waals surface area contributed by atoms with Gasteiger partial charge in [-0.25, -0.2) is 9.37 Å². The molecule has 6 heteroatoms. The SMILES string of the molecule is CS/C(=C\c1ccc(F)cc1)c1nc2sc3c(c2c(=O)[nH]1)CCC3. The molecule has 0 atom stereocenters. The van der Waals surface area contributed by atoms with Gasteiger partial charge >= 0.3 is 0 Å². The smallest absolute Gasteiger partial charge is 0.260 e. The van der Waals surface area contributed by atoms with Gasteiger partial charge in [-0.1, -0.05) is 12.1 Å². The van der Waals surface area contributed by atoms with Crippen LogP contribution in [-0.2, 0) is 12.8 Å². The minimum atomic E-state index is -0.265. The van der Waals surface area contributed by atoms with Crippen molar-refractivity contribution in [3.8, 4) is 0 Å². The van der Waals surface area contributed by atoms with Crippen molar-refractivity contribution < 1.29 is 4.39 Å². The van der Waals surface area contributed by atoms with E-state index in [0.717, 1.165) is 39.9 Å². The van der Waals surface area contributed by atoms with Gasteiger partial charge in [0.25, 0.3) is 5.56 Å². The maximum Gasteiger partial charge on any atom is 0.260 e. The monoisotopic (exact) mass is 358 g/mol. The number of thioether (sulfide) groups is 1. The molecule has 0 saturated heterocycles. The number of hydrogen-bond donors (Lipinski definition) is 1. The Hall–Kier alpha value is -1.92. The van der Waals surface area contributed by atoms with Crippen molar-refractivity contribution in [2.24, 2.45) is 0 Å². The van der Waals surface area contributed by atoms with Crippen LogP contribution in [0.1, 0.15) is 28.2 Å². The fourth-order valence-electron chi connectivity index (χ4n) is 3.05. The zero-order chi connectivity index (χ0) is 16.7. The Morgan fingerprint density at radius 1 is 1.33 bits per heavy atom. The summed E-state index contributed by atoms with van der Waals surface area (Å²) in [5, 5.41) is 0.762. The van der Waals surface area contributed by atoms with Crippen molar-refractivity contribution in [3.05, 3.63) is 62.3 Å². The third-order valence-electron chi connectivity index (χ3n) is 4.20. The quantitative estimate of drug-likeness (QED) is 0.751. The number of aromatic amines is 1. The van der Waals surface area contributed by atoms with E-state index < -0.39 is 0 Å². The van der Waals surface area contributed by atoms with E-state index in [-0.39, 0.29) is 11.4 Å². The number of rotatable bonds is 3. The summed E-state index contributed by atoms with van der Waals surface area (Å²) in [5.41, 5.74) is 1.99. The molecule has 2 heterocycles. The van der Waals surface area contributed by atoms with Gasteiger partial charge in [0.15, 0.2) is 0 Å². The lowest BCUT2D eigenvalue weighted by atomic mass is 10.2. The Balaban J connectivity index is 1.82. The number of nitrogens with zero attached hydrogens (tertiary/aromatic N) is 1. The van der Waals surface area contributed by atoms with Crippen LogP contribution >= 0.6 is 23.1 Å². The highest BCUT2D eigenvalue weighted by Gasteiger charge is 2.21. The normalized spacial score (nSPS) is 14.3. The highest BCUT2D eigenvalue weighted by atomic mass is 32.2. The molecule has 4 rings (SSSR count). The second-order valence-electron chi connectivity index (χ2n) is 5.72. The first-order chi connectivity index (χ1) is 11.7. The molecule has 0 amide bonds. The summed E-state index contributed by atoms with van der Waals surface area (Å²) in [6.07, 6.45) is 6.99. The van der Waals surface area contributed by atoms with Crippen molar-refractivity contribution in [1.29, 1.82) is 0 Å². The number of thiophene rings is 1. The summed E-state index contributed by atoms with van der Waals surface area (Å²) in [7, 11) is 0. The first kappa shape index (κ1) is 15.6. The van der Waals surface area contributed by atoms with Gasteiger partial charge in [-0.3, -0.25) is 4.79 Å². The van der Waals surface area contributed by atoms with Gasteiger partial charge in [-0.2, -0.15) is 0 Å². The van der Waals surface area contributed by atoms with E-state index in [4.69, 9.17) is 0 Å². The summed E-state index contributed by atoms with van der Waals surface area (Å²) in [5.74, 6) is 0.308. The third-order valence-corrected chi connectivity index (χ3v) is 6.13. The van der Waals surface area contributed by atoms with Crippen LogP contribution in [0.2, 0.25) is 0 Å². The van der Waals surface area contributed by atoms with E-state index in [9.17, 15) is 9.18 Å². The number of hydrogen-bond acceptors (Lipinski definition) is 4. The number of halogens is 1. The Morgan fingerprint density at radius 3 is 2.88 bits per heavy atom. The molecule has 0 saturated carbocycles. The van der Waals surface area contributed by atoms with Crippen LogP contribution in [0.25, 0.3) is 21.2 Å². The fourth-order valence-corrected chi connectivity index (χ4v) is 4.86. The summed E-state index contributed by atoms with van der Waals surface area (Å²) < 4.78 is 13.1. The highest BCUT2D eigenvalue weighted by molar-refractivity contribution is 8.07. The lowest BCUT2D eigenvalue weighted by Gasteiger charge is -2.05. The van der Waals surface area contributed by atoms with Crippen LogP contribution in [0.3, 0.4) is 0 Å². The molecular formula is C18H15FN2OS2. The fraction of sp³-hybridized carbons (Fsp3) is 0.222. The molecule has 0 spiro atoms. The molecule has 0 aliphatic heterocycles. The second kappa shape index (κ2) is 6.18. The van der Waals surface area contributed by atoms with Crippen LogP contribution in [0.4, 0.5) is 4.39 Å². The Morgan fingerprint density at radius 2 is 2.12 bits per heavy atom.